The number of alkyl halides is 1. The van der Waals surface area contributed by atoms with Crippen molar-refractivity contribution in [3.05, 3.63) is 53.9 Å². The summed E-state index contributed by atoms with van der Waals surface area (Å²) in [5.74, 6) is 0.330. The Kier molecular flexibility index (Phi) is 9.56. The summed E-state index contributed by atoms with van der Waals surface area (Å²) in [7, 11) is 1.80. The largest absolute Gasteiger partial charge is 0.390 e. The van der Waals surface area contributed by atoms with E-state index in [9.17, 15) is 9.90 Å². The first kappa shape index (κ1) is 20.0. The molecule has 24 heavy (non-hydrogen) atoms. The third-order valence-electron chi connectivity index (χ3n) is 3.34. The number of likely N-dealkylation sites (N-methyl/N-ethyl adjacent to an activating group) is 1. The molecule has 0 saturated heterocycles. The molecule has 1 aromatic rings. The quantitative estimate of drug-likeness (QED) is 0.341. The highest BCUT2D eigenvalue weighted by Gasteiger charge is 2.07. The van der Waals surface area contributed by atoms with Gasteiger partial charge in [-0.25, -0.2) is 4.98 Å². The monoisotopic (exact) mass is 352 g/mol. The van der Waals surface area contributed by atoms with Crippen LogP contribution in [0.4, 0.5) is 0 Å². The second-order valence-electron chi connectivity index (χ2n) is 5.22. The van der Waals surface area contributed by atoms with Crippen molar-refractivity contribution in [2.24, 2.45) is 0 Å². The molecule has 0 atom stereocenters. The highest BCUT2D eigenvalue weighted by Crippen LogP contribution is 2.06. The molecule has 0 radical (unpaired) electrons. The SMILES string of the molecule is C/C(=C\N(C)/C(=C/C/C=C\CCl)CO)C(=O)NCCc1cnc[nH]1. The number of imidazole rings is 1. The Morgan fingerprint density at radius 1 is 1.50 bits per heavy atom. The molecular weight excluding hydrogens is 328 g/mol. The van der Waals surface area contributed by atoms with Gasteiger partial charge in [0.15, 0.2) is 0 Å². The molecule has 1 rings (SSSR count). The van der Waals surface area contributed by atoms with Gasteiger partial charge < -0.3 is 20.3 Å². The maximum atomic E-state index is 12.1. The zero-order chi connectivity index (χ0) is 17.8. The molecule has 7 heteroatoms. The Bertz CT molecular complexity index is 579. The Labute approximate surface area is 147 Å². The second kappa shape index (κ2) is 11.5. The number of H-pyrrole nitrogens is 1. The van der Waals surface area contributed by atoms with Crippen molar-refractivity contribution in [1.29, 1.82) is 0 Å². The molecule has 0 spiro atoms. The van der Waals surface area contributed by atoms with Gasteiger partial charge in [0.05, 0.1) is 12.9 Å². The average Bonchev–Trinajstić information content (AvgIpc) is 3.08. The van der Waals surface area contributed by atoms with E-state index in [0.717, 1.165) is 11.4 Å². The summed E-state index contributed by atoms with van der Waals surface area (Å²) in [5.41, 5.74) is 2.26. The molecule has 1 amide bonds. The molecule has 1 heterocycles. The molecule has 0 saturated carbocycles. The summed E-state index contributed by atoms with van der Waals surface area (Å²) in [6.07, 6.45) is 12.1. The van der Waals surface area contributed by atoms with Gasteiger partial charge in [-0.1, -0.05) is 18.2 Å². The van der Waals surface area contributed by atoms with Gasteiger partial charge in [0.25, 0.3) is 0 Å². The lowest BCUT2D eigenvalue weighted by Crippen LogP contribution is -2.27. The van der Waals surface area contributed by atoms with Crippen LogP contribution in [0.3, 0.4) is 0 Å². The maximum Gasteiger partial charge on any atom is 0.248 e. The van der Waals surface area contributed by atoms with E-state index in [4.69, 9.17) is 11.6 Å². The second-order valence-corrected chi connectivity index (χ2v) is 5.53. The van der Waals surface area contributed by atoms with Gasteiger partial charge in [-0.2, -0.15) is 0 Å². The Morgan fingerprint density at radius 3 is 2.92 bits per heavy atom. The average molecular weight is 353 g/mol. The molecule has 0 aromatic carbocycles. The summed E-state index contributed by atoms with van der Waals surface area (Å²) in [5, 5.41) is 12.3. The van der Waals surface area contributed by atoms with Crippen molar-refractivity contribution >= 4 is 17.5 Å². The van der Waals surface area contributed by atoms with E-state index in [2.05, 4.69) is 15.3 Å². The van der Waals surface area contributed by atoms with Crippen LogP contribution in [0.25, 0.3) is 0 Å². The van der Waals surface area contributed by atoms with Crippen molar-refractivity contribution in [3.8, 4) is 0 Å². The molecule has 0 bridgehead atoms. The van der Waals surface area contributed by atoms with Crippen molar-refractivity contribution in [2.45, 2.75) is 19.8 Å². The zero-order valence-electron chi connectivity index (χ0n) is 14.1. The van der Waals surface area contributed by atoms with Crippen LogP contribution in [-0.2, 0) is 11.2 Å². The van der Waals surface area contributed by atoms with Gasteiger partial charge in [-0.3, -0.25) is 4.79 Å². The fourth-order valence-corrected chi connectivity index (χ4v) is 2.11. The number of nitrogens with zero attached hydrogens (tertiary/aromatic N) is 2. The number of rotatable bonds is 10. The van der Waals surface area contributed by atoms with Crippen LogP contribution in [0.15, 0.2) is 48.2 Å². The normalized spacial score (nSPS) is 12.7. The highest BCUT2D eigenvalue weighted by molar-refractivity contribution is 6.18. The first-order valence-electron chi connectivity index (χ1n) is 7.76. The topological polar surface area (TPSA) is 81.2 Å². The lowest BCUT2D eigenvalue weighted by molar-refractivity contribution is -0.117. The molecule has 0 unspecified atom stereocenters. The van der Waals surface area contributed by atoms with E-state index in [-0.39, 0.29) is 12.5 Å². The van der Waals surface area contributed by atoms with E-state index in [1.165, 1.54) is 0 Å². The zero-order valence-corrected chi connectivity index (χ0v) is 14.9. The van der Waals surface area contributed by atoms with Gasteiger partial charge in [-0.05, 0) is 13.3 Å². The number of carbonyl (C=O) groups is 1. The van der Waals surface area contributed by atoms with Crippen LogP contribution in [0.2, 0.25) is 0 Å². The number of allylic oxidation sites excluding steroid dienone is 3. The number of aliphatic hydroxyl groups is 1. The van der Waals surface area contributed by atoms with Crippen molar-refractivity contribution in [2.75, 3.05) is 26.1 Å². The van der Waals surface area contributed by atoms with Crippen molar-refractivity contribution in [3.63, 3.8) is 0 Å². The third-order valence-corrected chi connectivity index (χ3v) is 3.52. The van der Waals surface area contributed by atoms with E-state index in [1.807, 2.05) is 18.2 Å². The number of aromatic nitrogens is 2. The fraction of sp³-hybridized carbons (Fsp3) is 0.412. The van der Waals surface area contributed by atoms with Crippen LogP contribution in [-0.4, -0.2) is 52.0 Å². The Balaban J connectivity index is 2.51. The molecule has 0 aliphatic heterocycles. The predicted molar refractivity (Wildman–Crippen MR) is 96.5 cm³/mol. The van der Waals surface area contributed by atoms with Crippen LogP contribution >= 0.6 is 11.6 Å². The predicted octanol–water partition coefficient (Wildman–Crippen LogP) is 1.97. The summed E-state index contributed by atoms with van der Waals surface area (Å²) in [6.45, 7) is 2.17. The first-order chi connectivity index (χ1) is 11.6. The van der Waals surface area contributed by atoms with E-state index in [0.29, 0.717) is 30.8 Å². The van der Waals surface area contributed by atoms with Gasteiger partial charge in [-0.15, -0.1) is 11.6 Å². The van der Waals surface area contributed by atoms with Crippen LogP contribution in [0.1, 0.15) is 19.0 Å². The minimum atomic E-state index is -0.138. The minimum Gasteiger partial charge on any atom is -0.390 e. The maximum absolute atomic E-state index is 12.1. The standard InChI is InChI=1S/C17H25ClN4O2/c1-14(17(24)20-9-7-15-10-19-13-21-15)11-22(2)16(12-23)6-4-3-5-8-18/h3,5-6,10-11,13,23H,4,7-9,12H2,1-2H3,(H,19,21)(H,20,24)/b5-3-,14-11+,16-6+. The number of nitrogens with one attached hydrogen (secondary N) is 2. The molecule has 1 aromatic heterocycles. The van der Waals surface area contributed by atoms with E-state index < -0.39 is 0 Å². The van der Waals surface area contributed by atoms with Gasteiger partial charge in [0, 0.05) is 55.3 Å². The summed E-state index contributed by atoms with van der Waals surface area (Å²) < 4.78 is 0. The minimum absolute atomic E-state index is 0.101. The van der Waals surface area contributed by atoms with Crippen molar-refractivity contribution in [1.82, 2.24) is 20.2 Å². The van der Waals surface area contributed by atoms with Gasteiger partial charge >= 0.3 is 0 Å². The molecule has 0 fully saturated rings. The molecule has 6 nitrogen and oxygen atoms in total. The smallest absolute Gasteiger partial charge is 0.248 e. The number of aliphatic hydroxyl groups excluding tert-OH is 1. The number of halogens is 1. The van der Waals surface area contributed by atoms with E-state index >= 15 is 0 Å². The Morgan fingerprint density at radius 2 is 2.29 bits per heavy atom. The van der Waals surface area contributed by atoms with Crippen LogP contribution < -0.4 is 5.32 Å². The molecule has 0 aliphatic carbocycles. The first-order valence-corrected chi connectivity index (χ1v) is 8.29. The van der Waals surface area contributed by atoms with Gasteiger partial charge in [0.1, 0.15) is 0 Å². The van der Waals surface area contributed by atoms with Crippen LogP contribution in [0.5, 0.6) is 0 Å². The highest BCUT2D eigenvalue weighted by atomic mass is 35.5. The summed E-state index contributed by atoms with van der Waals surface area (Å²) in [4.78, 5) is 20.7. The summed E-state index contributed by atoms with van der Waals surface area (Å²) >= 11 is 5.56. The lowest BCUT2D eigenvalue weighted by atomic mass is 10.2. The number of aromatic amines is 1. The number of amides is 1. The van der Waals surface area contributed by atoms with Crippen molar-refractivity contribution < 1.29 is 9.90 Å². The summed E-state index contributed by atoms with van der Waals surface area (Å²) in [6, 6.07) is 0. The Hall–Kier alpha value is -2.05. The molecule has 3 N–H and O–H groups in total. The molecular formula is C17H25ClN4O2. The number of hydrogen-bond acceptors (Lipinski definition) is 4. The fourth-order valence-electron chi connectivity index (χ4n) is 1.99. The molecule has 132 valence electrons. The van der Waals surface area contributed by atoms with E-state index in [1.54, 1.807) is 37.6 Å². The number of carbonyl (C=O) groups excluding carboxylic acids is 1. The van der Waals surface area contributed by atoms with Crippen LogP contribution in [0, 0.1) is 0 Å². The molecule has 0 aliphatic rings. The lowest BCUT2D eigenvalue weighted by Gasteiger charge is -2.18. The number of hydrogen-bond donors (Lipinski definition) is 3. The third kappa shape index (κ3) is 7.48. The van der Waals surface area contributed by atoms with Gasteiger partial charge in [0.2, 0.25) is 5.91 Å².